The highest BCUT2D eigenvalue weighted by atomic mass is 16.5. The van der Waals surface area contributed by atoms with Crippen LogP contribution in [0.25, 0.3) is 0 Å². The lowest BCUT2D eigenvalue weighted by Gasteiger charge is -2.04. The molecule has 2 aromatic heterocycles. The van der Waals surface area contributed by atoms with E-state index in [0.717, 1.165) is 11.4 Å². The second-order valence-corrected chi connectivity index (χ2v) is 3.93. The second-order valence-electron chi connectivity index (χ2n) is 3.93. The van der Waals surface area contributed by atoms with Crippen LogP contribution >= 0.6 is 0 Å². The molecular weight excluding hydrogens is 220 g/mol. The van der Waals surface area contributed by atoms with Crippen LogP contribution in [0.1, 0.15) is 27.6 Å². The van der Waals surface area contributed by atoms with Crippen molar-refractivity contribution in [3.8, 4) is 0 Å². The van der Waals surface area contributed by atoms with Crippen LogP contribution in [-0.4, -0.2) is 15.7 Å². The van der Waals surface area contributed by atoms with Gasteiger partial charge in [-0.1, -0.05) is 5.16 Å². The number of rotatable bonds is 3. The van der Waals surface area contributed by atoms with E-state index in [0.29, 0.717) is 11.5 Å². The minimum absolute atomic E-state index is 0.101. The average Bonchev–Trinajstić information content (AvgIpc) is 2.84. The van der Waals surface area contributed by atoms with Crippen molar-refractivity contribution < 1.29 is 14.1 Å². The Hall–Kier alpha value is -2.04. The van der Waals surface area contributed by atoms with Crippen LogP contribution in [0.3, 0.4) is 0 Å². The molecule has 0 bridgehead atoms. The number of hydrogen-bond acceptors (Lipinski definition) is 4. The van der Waals surface area contributed by atoms with Crippen molar-refractivity contribution in [2.45, 2.75) is 20.5 Å². The topological polar surface area (TPSA) is 57.3 Å². The summed E-state index contributed by atoms with van der Waals surface area (Å²) < 4.78 is 11.9. The highest BCUT2D eigenvalue weighted by Crippen LogP contribution is 2.10. The van der Waals surface area contributed by atoms with Crippen LogP contribution in [0.4, 0.5) is 0 Å². The molecule has 2 heterocycles. The van der Waals surface area contributed by atoms with Gasteiger partial charge in [-0.2, -0.15) is 0 Å². The van der Waals surface area contributed by atoms with Crippen LogP contribution in [0, 0.1) is 13.8 Å². The summed E-state index contributed by atoms with van der Waals surface area (Å²) in [7, 11) is 1.82. The van der Waals surface area contributed by atoms with Gasteiger partial charge in [-0.05, 0) is 26.0 Å². The first-order valence-corrected chi connectivity index (χ1v) is 5.29. The summed E-state index contributed by atoms with van der Waals surface area (Å²) in [6.07, 6.45) is 0. The third kappa shape index (κ3) is 2.38. The molecule has 2 rings (SSSR count). The first-order valence-electron chi connectivity index (χ1n) is 5.29. The van der Waals surface area contributed by atoms with Gasteiger partial charge in [0, 0.05) is 18.8 Å². The van der Waals surface area contributed by atoms with E-state index in [9.17, 15) is 4.79 Å². The Morgan fingerprint density at radius 3 is 2.76 bits per heavy atom. The number of esters is 1. The number of carbonyl (C=O) groups is 1. The van der Waals surface area contributed by atoms with Crippen molar-refractivity contribution >= 4 is 5.97 Å². The number of aromatic nitrogens is 2. The van der Waals surface area contributed by atoms with Gasteiger partial charge in [0.25, 0.3) is 0 Å². The molecular formula is C12H14N2O3. The fourth-order valence-electron chi connectivity index (χ4n) is 1.51. The summed E-state index contributed by atoms with van der Waals surface area (Å²) in [5, 5.41) is 3.72. The SMILES string of the molecule is Cc1cc(COC(=O)c2ccc(C)n2C)on1. The Morgan fingerprint density at radius 2 is 2.24 bits per heavy atom. The Labute approximate surface area is 99.0 Å². The number of ether oxygens (including phenoxy) is 1. The molecule has 2 aromatic rings. The Kier molecular flexibility index (Phi) is 2.99. The van der Waals surface area contributed by atoms with Gasteiger partial charge in [-0.25, -0.2) is 4.79 Å². The van der Waals surface area contributed by atoms with Gasteiger partial charge in [-0.3, -0.25) is 0 Å². The number of hydrogen-bond donors (Lipinski definition) is 0. The molecule has 0 aliphatic rings. The quantitative estimate of drug-likeness (QED) is 0.762. The van der Waals surface area contributed by atoms with Crippen LogP contribution in [-0.2, 0) is 18.4 Å². The normalized spacial score (nSPS) is 10.5. The van der Waals surface area contributed by atoms with E-state index in [-0.39, 0.29) is 12.6 Å². The van der Waals surface area contributed by atoms with Gasteiger partial charge in [0.1, 0.15) is 5.69 Å². The number of aryl methyl sites for hydroxylation is 2. The molecule has 0 saturated heterocycles. The Bertz CT molecular complexity index is 540. The highest BCUT2D eigenvalue weighted by molar-refractivity contribution is 5.87. The lowest BCUT2D eigenvalue weighted by molar-refractivity contribution is 0.0426. The van der Waals surface area contributed by atoms with Gasteiger partial charge in [-0.15, -0.1) is 0 Å². The molecule has 0 aliphatic heterocycles. The van der Waals surface area contributed by atoms with Crippen LogP contribution in [0.5, 0.6) is 0 Å². The molecule has 0 atom stereocenters. The third-order valence-corrected chi connectivity index (χ3v) is 2.60. The zero-order valence-electron chi connectivity index (χ0n) is 10.1. The molecule has 0 amide bonds. The van der Waals surface area contributed by atoms with Gasteiger partial charge in [0.15, 0.2) is 12.4 Å². The van der Waals surface area contributed by atoms with Crippen LogP contribution in [0.2, 0.25) is 0 Å². The van der Waals surface area contributed by atoms with Crippen LogP contribution in [0.15, 0.2) is 22.7 Å². The number of nitrogens with zero attached hydrogens (tertiary/aromatic N) is 2. The van der Waals surface area contributed by atoms with E-state index in [2.05, 4.69) is 5.16 Å². The fraction of sp³-hybridized carbons (Fsp3) is 0.333. The average molecular weight is 234 g/mol. The monoisotopic (exact) mass is 234 g/mol. The highest BCUT2D eigenvalue weighted by Gasteiger charge is 2.13. The molecule has 0 N–H and O–H groups in total. The van der Waals surface area contributed by atoms with Gasteiger partial charge in [0.2, 0.25) is 0 Å². The second kappa shape index (κ2) is 4.45. The smallest absolute Gasteiger partial charge is 0.355 e. The van der Waals surface area contributed by atoms with Crippen molar-refractivity contribution in [2.24, 2.45) is 7.05 Å². The molecule has 0 spiro atoms. The van der Waals surface area contributed by atoms with Gasteiger partial charge in [0.05, 0.1) is 5.69 Å². The first-order chi connectivity index (χ1) is 8.08. The summed E-state index contributed by atoms with van der Waals surface area (Å²) in [6.45, 7) is 3.84. The molecule has 0 unspecified atom stereocenters. The maximum Gasteiger partial charge on any atom is 0.355 e. The van der Waals surface area contributed by atoms with E-state index in [4.69, 9.17) is 9.26 Å². The summed E-state index contributed by atoms with van der Waals surface area (Å²) in [5.41, 5.74) is 2.30. The standard InChI is InChI=1S/C12H14N2O3/c1-8-6-10(17-13-8)7-16-12(15)11-5-4-9(2)14(11)3/h4-6H,7H2,1-3H3. The summed E-state index contributed by atoms with van der Waals surface area (Å²) >= 11 is 0. The molecule has 5 heteroatoms. The van der Waals surface area contributed by atoms with Crippen molar-refractivity contribution in [3.05, 3.63) is 41.0 Å². The minimum Gasteiger partial charge on any atom is -0.453 e. The van der Waals surface area contributed by atoms with Crippen molar-refractivity contribution in [1.82, 2.24) is 9.72 Å². The fourth-order valence-corrected chi connectivity index (χ4v) is 1.51. The third-order valence-electron chi connectivity index (χ3n) is 2.60. The minimum atomic E-state index is -0.366. The molecule has 0 aromatic carbocycles. The summed E-state index contributed by atoms with van der Waals surface area (Å²) in [5.74, 6) is 0.177. The summed E-state index contributed by atoms with van der Waals surface area (Å²) in [4.78, 5) is 11.8. The van der Waals surface area contributed by atoms with Crippen molar-refractivity contribution in [1.29, 1.82) is 0 Å². The first kappa shape index (κ1) is 11.4. The lowest BCUT2D eigenvalue weighted by Crippen LogP contribution is -2.10. The Morgan fingerprint density at radius 1 is 1.47 bits per heavy atom. The molecule has 0 radical (unpaired) electrons. The van der Waals surface area contributed by atoms with Crippen molar-refractivity contribution in [2.75, 3.05) is 0 Å². The molecule has 5 nitrogen and oxygen atoms in total. The van der Waals surface area contributed by atoms with Gasteiger partial charge >= 0.3 is 5.97 Å². The molecule has 0 saturated carbocycles. The summed E-state index contributed by atoms with van der Waals surface area (Å²) in [6, 6.07) is 5.35. The maximum absolute atomic E-state index is 11.8. The maximum atomic E-state index is 11.8. The largest absolute Gasteiger partial charge is 0.453 e. The van der Waals surface area contributed by atoms with E-state index in [1.807, 2.05) is 27.0 Å². The van der Waals surface area contributed by atoms with Crippen LogP contribution < -0.4 is 0 Å². The predicted octanol–water partition coefficient (Wildman–Crippen LogP) is 1.99. The lowest BCUT2D eigenvalue weighted by atomic mass is 10.4. The molecule has 17 heavy (non-hydrogen) atoms. The molecule has 0 aliphatic carbocycles. The Balaban J connectivity index is 2.00. The number of carbonyl (C=O) groups excluding carboxylic acids is 1. The molecule has 90 valence electrons. The van der Waals surface area contributed by atoms with E-state index in [1.165, 1.54) is 0 Å². The zero-order chi connectivity index (χ0) is 12.4. The van der Waals surface area contributed by atoms with Crippen molar-refractivity contribution in [3.63, 3.8) is 0 Å². The zero-order valence-corrected chi connectivity index (χ0v) is 10.1. The van der Waals surface area contributed by atoms with E-state index >= 15 is 0 Å². The van der Waals surface area contributed by atoms with Gasteiger partial charge < -0.3 is 13.8 Å². The van der Waals surface area contributed by atoms with E-state index < -0.39 is 0 Å². The van der Waals surface area contributed by atoms with E-state index in [1.54, 1.807) is 16.7 Å². The molecule has 0 fully saturated rings. The predicted molar refractivity (Wildman–Crippen MR) is 60.5 cm³/mol.